The molecule has 2 nitrogen and oxygen atoms in total. The Balaban J connectivity index is 1.32. The van der Waals surface area contributed by atoms with Crippen LogP contribution in [0.2, 0.25) is 0 Å². The van der Waals surface area contributed by atoms with E-state index in [-0.39, 0.29) is 0 Å². The van der Waals surface area contributed by atoms with E-state index in [9.17, 15) is 0 Å². The number of nitrogens with zero attached hydrogens (tertiary/aromatic N) is 1. The van der Waals surface area contributed by atoms with Crippen LogP contribution in [-0.4, -0.2) is 0 Å². The molecule has 0 aliphatic heterocycles. The normalized spacial score (nSPS) is 11.5. The van der Waals surface area contributed by atoms with Crippen LogP contribution in [0.3, 0.4) is 0 Å². The second-order valence-corrected chi connectivity index (χ2v) is 11.7. The number of hydrogen-bond donors (Lipinski definition) is 0. The Morgan fingerprint density at radius 1 is 0.391 bits per heavy atom. The third-order valence-electron chi connectivity index (χ3n) is 9.03. The largest absolute Gasteiger partial charge is 0.455 e. The van der Waals surface area contributed by atoms with E-state index in [2.05, 4.69) is 175 Å². The molecule has 1 aromatic heterocycles. The first kappa shape index (κ1) is 26.3. The Hall–Kier alpha value is -6.12. The number of para-hydroxylation sites is 1. The number of furan rings is 1. The molecule has 2 heteroatoms. The van der Waals surface area contributed by atoms with Crippen molar-refractivity contribution in [2.24, 2.45) is 0 Å². The molecule has 0 radical (unpaired) electrons. The summed E-state index contributed by atoms with van der Waals surface area (Å²) in [5.74, 6) is 0. The Labute approximate surface area is 267 Å². The summed E-state index contributed by atoms with van der Waals surface area (Å²) in [6.07, 6.45) is 0. The van der Waals surface area contributed by atoms with Gasteiger partial charge in [-0.25, -0.2) is 0 Å². The molecule has 0 aliphatic carbocycles. The highest BCUT2D eigenvalue weighted by atomic mass is 16.3. The number of benzene rings is 8. The zero-order valence-electron chi connectivity index (χ0n) is 25.1. The first-order valence-electron chi connectivity index (χ1n) is 15.7. The molecule has 0 amide bonds. The topological polar surface area (TPSA) is 16.4 Å². The fraction of sp³-hybridized carbons (Fsp3) is 0. The first-order valence-corrected chi connectivity index (χ1v) is 15.7. The molecule has 0 saturated heterocycles. The lowest BCUT2D eigenvalue weighted by Crippen LogP contribution is -2.10. The molecule has 0 saturated carbocycles. The Morgan fingerprint density at radius 2 is 1.02 bits per heavy atom. The van der Waals surface area contributed by atoms with Gasteiger partial charge in [0.05, 0.1) is 11.1 Å². The maximum absolute atomic E-state index is 6.62. The van der Waals surface area contributed by atoms with Crippen LogP contribution in [0.15, 0.2) is 180 Å². The molecule has 0 spiro atoms. The molecular formula is C44H29NO. The van der Waals surface area contributed by atoms with Gasteiger partial charge in [-0.15, -0.1) is 0 Å². The Morgan fingerprint density at radius 3 is 1.87 bits per heavy atom. The zero-order chi connectivity index (χ0) is 30.5. The summed E-state index contributed by atoms with van der Waals surface area (Å²) in [6.45, 7) is 0. The fourth-order valence-corrected chi connectivity index (χ4v) is 6.87. The standard InChI is InChI=1S/C44H29NO/c1-2-12-30(13-3-1)31-24-26-35(27-25-31)45(36-18-10-17-33(28-36)38-22-11-16-32-14-4-6-19-37(32)38)41-29-34-15-5-7-20-39(34)44-43(41)40-21-8-9-23-42(40)46-44/h1-29H. The van der Waals surface area contributed by atoms with Crippen LogP contribution in [0.1, 0.15) is 0 Å². The van der Waals surface area contributed by atoms with Crippen molar-refractivity contribution in [3.8, 4) is 22.3 Å². The molecular weight excluding hydrogens is 558 g/mol. The van der Waals surface area contributed by atoms with E-state index in [0.29, 0.717) is 0 Å². The van der Waals surface area contributed by atoms with Crippen LogP contribution < -0.4 is 4.90 Å². The van der Waals surface area contributed by atoms with Crippen LogP contribution in [0.25, 0.3) is 65.7 Å². The average Bonchev–Trinajstić information content (AvgIpc) is 3.53. The maximum Gasteiger partial charge on any atom is 0.145 e. The van der Waals surface area contributed by atoms with E-state index in [1.807, 2.05) is 6.07 Å². The van der Waals surface area contributed by atoms with Crippen LogP contribution >= 0.6 is 0 Å². The highest BCUT2D eigenvalue weighted by Gasteiger charge is 2.22. The molecule has 1 heterocycles. The smallest absolute Gasteiger partial charge is 0.145 e. The van der Waals surface area contributed by atoms with E-state index in [4.69, 9.17) is 4.42 Å². The summed E-state index contributed by atoms with van der Waals surface area (Å²) in [4.78, 5) is 2.39. The summed E-state index contributed by atoms with van der Waals surface area (Å²) in [5.41, 5.74) is 9.83. The maximum atomic E-state index is 6.62. The summed E-state index contributed by atoms with van der Waals surface area (Å²) >= 11 is 0. The number of hydrogen-bond acceptors (Lipinski definition) is 2. The van der Waals surface area contributed by atoms with Gasteiger partial charge in [0.2, 0.25) is 0 Å². The monoisotopic (exact) mass is 587 g/mol. The third kappa shape index (κ3) is 4.35. The van der Waals surface area contributed by atoms with Crippen molar-refractivity contribution in [1.29, 1.82) is 0 Å². The molecule has 0 fully saturated rings. The molecule has 0 atom stereocenters. The highest BCUT2D eigenvalue weighted by molar-refractivity contribution is 6.22. The summed E-state index contributed by atoms with van der Waals surface area (Å²) in [7, 11) is 0. The average molecular weight is 588 g/mol. The zero-order valence-corrected chi connectivity index (χ0v) is 25.1. The highest BCUT2D eigenvalue weighted by Crippen LogP contribution is 2.46. The Kier molecular flexibility index (Phi) is 6.17. The minimum Gasteiger partial charge on any atom is -0.455 e. The van der Waals surface area contributed by atoms with E-state index < -0.39 is 0 Å². The lowest BCUT2D eigenvalue weighted by atomic mass is 9.97. The van der Waals surface area contributed by atoms with Crippen molar-refractivity contribution in [3.63, 3.8) is 0 Å². The predicted octanol–water partition coefficient (Wildman–Crippen LogP) is 12.7. The van der Waals surface area contributed by atoms with Crippen LogP contribution in [-0.2, 0) is 0 Å². The van der Waals surface area contributed by atoms with E-state index in [1.165, 1.54) is 33.0 Å². The van der Waals surface area contributed by atoms with Gasteiger partial charge in [-0.3, -0.25) is 0 Å². The van der Waals surface area contributed by atoms with Crippen LogP contribution in [0, 0.1) is 0 Å². The number of fused-ring (bicyclic) bond motifs is 6. The molecule has 9 aromatic rings. The first-order chi connectivity index (χ1) is 22.8. The van der Waals surface area contributed by atoms with Crippen molar-refractivity contribution in [2.75, 3.05) is 4.90 Å². The lowest BCUT2D eigenvalue weighted by molar-refractivity contribution is 0.672. The summed E-state index contributed by atoms with van der Waals surface area (Å²) in [5, 5.41) is 6.95. The van der Waals surface area contributed by atoms with Gasteiger partial charge in [0.25, 0.3) is 0 Å². The third-order valence-corrected chi connectivity index (χ3v) is 9.03. The van der Waals surface area contributed by atoms with Gasteiger partial charge in [-0.2, -0.15) is 0 Å². The SMILES string of the molecule is c1ccc(-c2ccc(N(c3cccc(-c4cccc5ccccc45)c3)c3cc4ccccc4c4oc5ccccc5c34)cc2)cc1. The van der Waals surface area contributed by atoms with Gasteiger partial charge >= 0.3 is 0 Å². The lowest BCUT2D eigenvalue weighted by Gasteiger charge is -2.27. The molecule has 9 rings (SSSR count). The minimum absolute atomic E-state index is 0.888. The molecule has 0 bridgehead atoms. The van der Waals surface area contributed by atoms with Gasteiger partial charge in [-0.05, 0) is 74.8 Å². The van der Waals surface area contributed by atoms with Gasteiger partial charge in [0.15, 0.2) is 0 Å². The van der Waals surface area contributed by atoms with Gasteiger partial charge in [-0.1, -0.05) is 140 Å². The molecule has 0 aliphatic rings. The number of anilines is 3. The Bertz CT molecular complexity index is 2520. The van der Waals surface area contributed by atoms with E-state index in [1.54, 1.807) is 0 Å². The molecule has 8 aromatic carbocycles. The van der Waals surface area contributed by atoms with Crippen molar-refractivity contribution >= 4 is 60.5 Å². The molecule has 46 heavy (non-hydrogen) atoms. The molecule has 0 N–H and O–H groups in total. The second kappa shape index (κ2) is 10.8. The van der Waals surface area contributed by atoms with Gasteiger partial charge < -0.3 is 9.32 Å². The van der Waals surface area contributed by atoms with Crippen molar-refractivity contribution in [1.82, 2.24) is 0 Å². The van der Waals surface area contributed by atoms with Gasteiger partial charge in [0, 0.05) is 22.1 Å². The van der Waals surface area contributed by atoms with E-state index >= 15 is 0 Å². The molecule has 0 unspecified atom stereocenters. The van der Waals surface area contributed by atoms with E-state index in [0.717, 1.165) is 49.8 Å². The second-order valence-electron chi connectivity index (χ2n) is 11.7. The van der Waals surface area contributed by atoms with Crippen LogP contribution in [0.4, 0.5) is 17.1 Å². The quantitative estimate of drug-likeness (QED) is 0.199. The minimum atomic E-state index is 0.888. The number of rotatable bonds is 5. The van der Waals surface area contributed by atoms with Crippen LogP contribution in [0.5, 0.6) is 0 Å². The molecule has 216 valence electrons. The van der Waals surface area contributed by atoms with Crippen molar-refractivity contribution < 1.29 is 4.42 Å². The van der Waals surface area contributed by atoms with Crippen molar-refractivity contribution in [3.05, 3.63) is 176 Å². The fourth-order valence-electron chi connectivity index (χ4n) is 6.87. The summed E-state index contributed by atoms with van der Waals surface area (Å²) < 4.78 is 6.62. The van der Waals surface area contributed by atoms with Gasteiger partial charge in [0.1, 0.15) is 11.2 Å². The van der Waals surface area contributed by atoms with Crippen molar-refractivity contribution in [2.45, 2.75) is 0 Å². The summed E-state index contributed by atoms with van der Waals surface area (Å²) in [6, 6.07) is 62.7. The predicted molar refractivity (Wildman–Crippen MR) is 194 cm³/mol.